The average Bonchev–Trinajstić information content (AvgIpc) is 2.31. The lowest BCUT2D eigenvalue weighted by Crippen LogP contribution is -2.33. The first kappa shape index (κ1) is 15.0. The largest absolute Gasteiger partial charge is 0.313 e. The highest BCUT2D eigenvalue weighted by Crippen LogP contribution is 2.18. The second kappa shape index (κ2) is 8.11. The van der Waals surface area contributed by atoms with Gasteiger partial charge in [0.1, 0.15) is 5.82 Å². The summed E-state index contributed by atoms with van der Waals surface area (Å²) < 4.78 is 13.7. The molecule has 0 heterocycles. The summed E-state index contributed by atoms with van der Waals surface area (Å²) in [4.78, 5) is 0. The molecule has 1 nitrogen and oxygen atoms in total. The first-order chi connectivity index (χ1) is 8.17. The van der Waals surface area contributed by atoms with Gasteiger partial charge in [-0.25, -0.2) is 4.39 Å². The molecule has 0 fully saturated rings. The summed E-state index contributed by atoms with van der Waals surface area (Å²) >= 11 is 5.07. The third-order valence-electron chi connectivity index (χ3n) is 2.52. The van der Waals surface area contributed by atoms with Gasteiger partial charge in [0.15, 0.2) is 0 Å². The Morgan fingerprint density at radius 1 is 1.47 bits per heavy atom. The minimum absolute atomic E-state index is 0.198. The predicted molar refractivity (Wildman–Crippen MR) is 78.3 cm³/mol. The molecule has 0 saturated heterocycles. The third-order valence-corrected chi connectivity index (χ3v) is 3.86. The number of hydrogen-bond acceptors (Lipinski definition) is 2. The molecular weight excluding hydrogens is 301 g/mol. The van der Waals surface area contributed by atoms with Crippen LogP contribution in [0.25, 0.3) is 0 Å². The van der Waals surface area contributed by atoms with Gasteiger partial charge in [0.25, 0.3) is 0 Å². The van der Waals surface area contributed by atoms with Gasteiger partial charge in [-0.2, -0.15) is 11.8 Å². The smallest absolute Gasteiger partial charge is 0.137 e. The summed E-state index contributed by atoms with van der Waals surface area (Å²) in [7, 11) is 0. The van der Waals surface area contributed by atoms with Crippen LogP contribution in [0.4, 0.5) is 4.39 Å². The van der Waals surface area contributed by atoms with E-state index in [0.717, 1.165) is 25.1 Å². The molecule has 0 amide bonds. The lowest BCUT2D eigenvalue weighted by atomic mass is 10.1. The number of benzene rings is 1. The molecule has 0 aliphatic carbocycles. The summed E-state index contributed by atoms with van der Waals surface area (Å²) in [6.45, 7) is 3.20. The highest BCUT2D eigenvalue weighted by atomic mass is 79.9. The maximum Gasteiger partial charge on any atom is 0.137 e. The summed E-state index contributed by atoms with van der Waals surface area (Å²) in [5.74, 6) is 0.881. The van der Waals surface area contributed by atoms with Gasteiger partial charge in [-0.1, -0.05) is 13.0 Å². The molecule has 0 aliphatic rings. The Bertz CT molecular complexity index is 346. The summed E-state index contributed by atoms with van der Waals surface area (Å²) in [6.07, 6.45) is 4.19. The van der Waals surface area contributed by atoms with E-state index < -0.39 is 0 Å². The van der Waals surface area contributed by atoms with E-state index in [9.17, 15) is 4.39 Å². The fourth-order valence-corrected chi connectivity index (χ4v) is 2.76. The second-order valence-corrected chi connectivity index (χ2v) is 5.82. The monoisotopic (exact) mass is 319 g/mol. The van der Waals surface area contributed by atoms with Crippen LogP contribution in [0.15, 0.2) is 22.7 Å². The Morgan fingerprint density at radius 3 is 2.82 bits per heavy atom. The molecule has 1 unspecified atom stereocenters. The van der Waals surface area contributed by atoms with Crippen LogP contribution in [0.1, 0.15) is 18.9 Å². The van der Waals surface area contributed by atoms with Crippen LogP contribution < -0.4 is 5.32 Å². The predicted octanol–water partition coefficient (Wildman–Crippen LogP) is 3.86. The van der Waals surface area contributed by atoms with Gasteiger partial charge in [0.05, 0.1) is 4.47 Å². The molecule has 0 radical (unpaired) electrons. The maximum absolute atomic E-state index is 13.1. The summed E-state index contributed by atoms with van der Waals surface area (Å²) in [5.41, 5.74) is 1.17. The first-order valence-electron chi connectivity index (χ1n) is 5.83. The van der Waals surface area contributed by atoms with Gasteiger partial charge in [0, 0.05) is 11.8 Å². The van der Waals surface area contributed by atoms with Crippen molar-refractivity contribution >= 4 is 27.7 Å². The quantitative estimate of drug-likeness (QED) is 0.819. The molecule has 0 aliphatic heterocycles. The number of rotatable bonds is 7. The van der Waals surface area contributed by atoms with Crippen molar-refractivity contribution in [3.8, 4) is 0 Å². The normalized spacial score (nSPS) is 12.7. The Balaban J connectivity index is 2.61. The van der Waals surface area contributed by atoms with Crippen molar-refractivity contribution < 1.29 is 4.39 Å². The van der Waals surface area contributed by atoms with E-state index in [2.05, 4.69) is 34.4 Å². The summed E-state index contributed by atoms with van der Waals surface area (Å²) in [6, 6.07) is 5.72. The van der Waals surface area contributed by atoms with Crippen molar-refractivity contribution in [3.63, 3.8) is 0 Å². The average molecular weight is 320 g/mol. The van der Waals surface area contributed by atoms with Gasteiger partial charge >= 0.3 is 0 Å². The molecule has 1 aromatic rings. The molecule has 1 N–H and O–H groups in total. The van der Waals surface area contributed by atoms with Crippen molar-refractivity contribution in [1.29, 1.82) is 0 Å². The summed E-state index contributed by atoms with van der Waals surface area (Å²) in [5, 5.41) is 3.52. The van der Waals surface area contributed by atoms with Crippen molar-refractivity contribution in [2.45, 2.75) is 25.8 Å². The van der Waals surface area contributed by atoms with Crippen molar-refractivity contribution in [2.75, 3.05) is 18.6 Å². The van der Waals surface area contributed by atoms with Crippen molar-refractivity contribution in [3.05, 3.63) is 34.1 Å². The molecular formula is C13H19BrFNS. The van der Waals surface area contributed by atoms with E-state index in [-0.39, 0.29) is 5.82 Å². The number of thioether (sulfide) groups is 1. The van der Waals surface area contributed by atoms with Crippen LogP contribution in [-0.4, -0.2) is 24.6 Å². The number of nitrogens with one attached hydrogen (secondary N) is 1. The zero-order valence-electron chi connectivity index (χ0n) is 10.3. The molecule has 1 atom stereocenters. The first-order valence-corrected chi connectivity index (χ1v) is 8.02. The minimum Gasteiger partial charge on any atom is -0.313 e. The van der Waals surface area contributed by atoms with Crippen LogP contribution in [0.3, 0.4) is 0 Å². The van der Waals surface area contributed by atoms with Crippen molar-refractivity contribution in [1.82, 2.24) is 5.32 Å². The van der Waals surface area contributed by atoms with Crippen LogP contribution in [0.5, 0.6) is 0 Å². The van der Waals surface area contributed by atoms with E-state index in [1.807, 2.05) is 23.9 Å². The van der Waals surface area contributed by atoms with E-state index in [1.165, 1.54) is 11.6 Å². The molecule has 0 saturated carbocycles. The lowest BCUT2D eigenvalue weighted by molar-refractivity contribution is 0.549. The minimum atomic E-state index is -0.198. The molecule has 0 bridgehead atoms. The Hall–Kier alpha value is -0.0600. The molecule has 1 rings (SSSR count). The fourth-order valence-electron chi connectivity index (χ4n) is 1.69. The maximum atomic E-state index is 13.1. The van der Waals surface area contributed by atoms with Gasteiger partial charge in [-0.15, -0.1) is 0 Å². The molecule has 1 aromatic carbocycles. The second-order valence-electron chi connectivity index (χ2n) is 4.06. The van der Waals surface area contributed by atoms with Gasteiger partial charge in [-0.05, 0) is 59.3 Å². The van der Waals surface area contributed by atoms with E-state index in [1.54, 1.807) is 0 Å². The van der Waals surface area contributed by atoms with Gasteiger partial charge < -0.3 is 5.32 Å². The zero-order chi connectivity index (χ0) is 12.7. The Kier molecular flexibility index (Phi) is 7.16. The molecule has 0 aromatic heterocycles. The van der Waals surface area contributed by atoms with E-state index >= 15 is 0 Å². The molecule has 96 valence electrons. The van der Waals surface area contributed by atoms with Crippen LogP contribution >= 0.6 is 27.7 Å². The number of hydrogen-bond donors (Lipinski definition) is 1. The molecule has 17 heavy (non-hydrogen) atoms. The van der Waals surface area contributed by atoms with Crippen LogP contribution in [0.2, 0.25) is 0 Å². The molecule has 4 heteroatoms. The Morgan fingerprint density at radius 2 is 2.24 bits per heavy atom. The van der Waals surface area contributed by atoms with Crippen molar-refractivity contribution in [2.24, 2.45) is 0 Å². The zero-order valence-corrected chi connectivity index (χ0v) is 12.7. The van der Waals surface area contributed by atoms with Gasteiger partial charge in [0.2, 0.25) is 0 Å². The third kappa shape index (κ3) is 5.40. The van der Waals surface area contributed by atoms with Crippen LogP contribution in [0, 0.1) is 5.82 Å². The lowest BCUT2D eigenvalue weighted by Gasteiger charge is -2.17. The number of halogens is 2. The SMILES string of the molecule is CCCNC(CSC)Cc1ccc(F)c(Br)c1. The van der Waals surface area contributed by atoms with E-state index in [4.69, 9.17) is 0 Å². The van der Waals surface area contributed by atoms with E-state index in [0.29, 0.717) is 10.5 Å². The Labute approximate surface area is 116 Å². The molecule has 0 spiro atoms. The fraction of sp³-hybridized carbons (Fsp3) is 0.538. The standard InChI is InChI=1S/C13H19BrFNS/c1-3-6-16-11(9-17-2)7-10-4-5-13(15)12(14)8-10/h4-5,8,11,16H,3,6-7,9H2,1-2H3. The topological polar surface area (TPSA) is 12.0 Å². The highest BCUT2D eigenvalue weighted by Gasteiger charge is 2.09. The van der Waals surface area contributed by atoms with Crippen LogP contribution in [-0.2, 0) is 6.42 Å². The van der Waals surface area contributed by atoms with Gasteiger partial charge in [-0.3, -0.25) is 0 Å². The highest BCUT2D eigenvalue weighted by molar-refractivity contribution is 9.10.